The molecule has 9 heteroatoms. The van der Waals surface area contributed by atoms with E-state index in [2.05, 4.69) is 33.0 Å². The lowest BCUT2D eigenvalue weighted by Crippen LogP contribution is -2.23. The maximum absolute atomic E-state index is 11.2. The Kier molecular flexibility index (Phi) is 6.15. The predicted octanol–water partition coefficient (Wildman–Crippen LogP) is 1.81. The van der Waals surface area contributed by atoms with Crippen molar-refractivity contribution in [2.75, 3.05) is 11.9 Å². The fraction of sp³-hybridized carbons (Fsp3) is 0.133. The van der Waals surface area contributed by atoms with Crippen molar-refractivity contribution < 1.29 is 4.92 Å². The molecule has 124 valence electrons. The lowest BCUT2D eigenvalue weighted by molar-refractivity contribution is -0.384. The van der Waals surface area contributed by atoms with Crippen molar-refractivity contribution in [3.05, 3.63) is 64.0 Å². The first kappa shape index (κ1) is 17.3. The molecule has 0 aliphatic rings. The molecule has 0 bridgehead atoms. The van der Waals surface area contributed by atoms with Crippen molar-refractivity contribution in [1.29, 1.82) is 0 Å². The molecule has 0 spiro atoms. The van der Waals surface area contributed by atoms with Crippen molar-refractivity contribution >= 4 is 34.9 Å². The summed E-state index contributed by atoms with van der Waals surface area (Å²) in [7, 11) is 0. The zero-order chi connectivity index (χ0) is 17.4. The molecule has 0 atom stereocenters. The van der Waals surface area contributed by atoms with Crippen LogP contribution in [0.5, 0.6) is 0 Å². The smallest absolute Gasteiger partial charge is 0.292 e. The minimum atomic E-state index is -0.437. The van der Waals surface area contributed by atoms with E-state index in [1.165, 1.54) is 12.3 Å². The second-order valence-corrected chi connectivity index (χ2v) is 5.24. The molecule has 4 N–H and O–H groups in total. The van der Waals surface area contributed by atoms with Crippen LogP contribution < -0.4 is 16.5 Å². The standard InChI is InChI=1S/C15H16N6O2S/c16-15(24)20-19-10-12-1-2-13(14(9-12)21(22)23)18-8-5-11-3-6-17-7-4-11/h1-4,6-7,9-10,18H,5,8H2,(H3,16,20,24). The minimum Gasteiger partial charge on any atom is -0.379 e. The Hall–Kier alpha value is -3.07. The fourth-order valence-electron chi connectivity index (χ4n) is 1.99. The topological polar surface area (TPSA) is 118 Å². The van der Waals surface area contributed by atoms with Gasteiger partial charge < -0.3 is 11.1 Å². The van der Waals surface area contributed by atoms with Crippen LogP contribution in [0.25, 0.3) is 0 Å². The van der Waals surface area contributed by atoms with Crippen LogP contribution in [0.2, 0.25) is 0 Å². The maximum atomic E-state index is 11.2. The number of thiocarbonyl (C=S) groups is 1. The first-order valence-corrected chi connectivity index (χ1v) is 7.47. The van der Waals surface area contributed by atoms with Gasteiger partial charge in [0.15, 0.2) is 5.11 Å². The number of nitrogens with zero attached hydrogens (tertiary/aromatic N) is 3. The van der Waals surface area contributed by atoms with Crippen LogP contribution in [0, 0.1) is 10.1 Å². The summed E-state index contributed by atoms with van der Waals surface area (Å²) in [5, 5.41) is 18.1. The molecule has 0 aliphatic heterocycles. The van der Waals surface area contributed by atoms with Gasteiger partial charge in [0.25, 0.3) is 5.69 Å². The lowest BCUT2D eigenvalue weighted by Gasteiger charge is -2.08. The molecule has 8 nitrogen and oxygen atoms in total. The normalized spacial score (nSPS) is 10.5. The summed E-state index contributed by atoms with van der Waals surface area (Å²) >= 11 is 4.62. The van der Waals surface area contributed by atoms with Gasteiger partial charge in [0.1, 0.15) is 5.69 Å². The number of nitro groups is 1. The summed E-state index contributed by atoms with van der Waals surface area (Å²) in [6.45, 7) is 0.571. The Balaban J connectivity index is 2.04. The molecular formula is C15H16N6O2S. The van der Waals surface area contributed by atoms with Gasteiger partial charge in [-0.1, -0.05) is 6.07 Å². The first-order valence-electron chi connectivity index (χ1n) is 7.06. The van der Waals surface area contributed by atoms with E-state index in [0.29, 0.717) is 17.8 Å². The average molecular weight is 344 g/mol. The van der Waals surface area contributed by atoms with Gasteiger partial charge in [-0.05, 0) is 42.4 Å². The van der Waals surface area contributed by atoms with Gasteiger partial charge in [-0.3, -0.25) is 20.5 Å². The summed E-state index contributed by atoms with van der Waals surface area (Å²) in [6.07, 6.45) is 5.58. The number of hydrazone groups is 1. The number of rotatable bonds is 7. The van der Waals surface area contributed by atoms with Crippen molar-refractivity contribution in [2.45, 2.75) is 6.42 Å². The molecular weight excluding hydrogens is 328 g/mol. The average Bonchev–Trinajstić information content (AvgIpc) is 2.56. The van der Waals surface area contributed by atoms with Crippen LogP contribution in [-0.4, -0.2) is 27.8 Å². The summed E-state index contributed by atoms with van der Waals surface area (Å²) in [4.78, 5) is 14.8. The summed E-state index contributed by atoms with van der Waals surface area (Å²) in [5.74, 6) is 0. The second-order valence-electron chi connectivity index (χ2n) is 4.80. The highest BCUT2D eigenvalue weighted by Gasteiger charge is 2.13. The fourth-order valence-corrected chi connectivity index (χ4v) is 2.04. The summed E-state index contributed by atoms with van der Waals surface area (Å²) < 4.78 is 0. The number of aromatic nitrogens is 1. The van der Waals surface area contributed by atoms with Gasteiger partial charge >= 0.3 is 0 Å². The number of benzene rings is 1. The van der Waals surface area contributed by atoms with E-state index in [-0.39, 0.29) is 10.8 Å². The van der Waals surface area contributed by atoms with Gasteiger partial charge in [-0.25, -0.2) is 0 Å². The Morgan fingerprint density at radius 3 is 2.79 bits per heavy atom. The number of nitrogens with two attached hydrogens (primary N) is 1. The van der Waals surface area contributed by atoms with Crippen molar-refractivity contribution in [3.8, 4) is 0 Å². The molecule has 0 fully saturated rings. The summed E-state index contributed by atoms with van der Waals surface area (Å²) in [5.41, 5.74) is 9.74. The predicted molar refractivity (Wildman–Crippen MR) is 97.0 cm³/mol. The zero-order valence-electron chi connectivity index (χ0n) is 12.7. The highest BCUT2D eigenvalue weighted by Crippen LogP contribution is 2.25. The minimum absolute atomic E-state index is 0.0233. The number of nitro benzene ring substituents is 1. The Morgan fingerprint density at radius 1 is 1.38 bits per heavy atom. The van der Waals surface area contributed by atoms with Crippen LogP contribution in [0.1, 0.15) is 11.1 Å². The molecule has 2 aromatic rings. The van der Waals surface area contributed by atoms with E-state index in [4.69, 9.17) is 5.73 Å². The van der Waals surface area contributed by atoms with E-state index < -0.39 is 4.92 Å². The monoisotopic (exact) mass is 344 g/mol. The largest absolute Gasteiger partial charge is 0.379 e. The molecule has 0 unspecified atom stereocenters. The maximum Gasteiger partial charge on any atom is 0.292 e. The van der Waals surface area contributed by atoms with E-state index in [9.17, 15) is 10.1 Å². The third kappa shape index (κ3) is 5.29. The van der Waals surface area contributed by atoms with Crippen molar-refractivity contribution in [1.82, 2.24) is 10.4 Å². The SMILES string of the molecule is NC(=S)NN=Cc1ccc(NCCc2ccncc2)c([N+](=O)[O-])c1. The van der Waals surface area contributed by atoms with Gasteiger partial charge in [0.2, 0.25) is 0 Å². The molecule has 0 saturated heterocycles. The van der Waals surface area contributed by atoms with E-state index >= 15 is 0 Å². The van der Waals surface area contributed by atoms with Crippen LogP contribution in [0.4, 0.5) is 11.4 Å². The van der Waals surface area contributed by atoms with Gasteiger partial charge in [0.05, 0.1) is 11.1 Å². The molecule has 0 radical (unpaired) electrons. The molecule has 0 aliphatic carbocycles. The number of hydrogen-bond acceptors (Lipinski definition) is 6. The second kappa shape index (κ2) is 8.53. The molecule has 0 amide bonds. The molecule has 24 heavy (non-hydrogen) atoms. The molecule has 0 saturated carbocycles. The van der Waals surface area contributed by atoms with Crippen LogP contribution in [0.3, 0.4) is 0 Å². The summed E-state index contributed by atoms with van der Waals surface area (Å²) in [6, 6.07) is 8.61. The Morgan fingerprint density at radius 2 is 2.12 bits per heavy atom. The lowest BCUT2D eigenvalue weighted by atomic mass is 10.1. The highest BCUT2D eigenvalue weighted by molar-refractivity contribution is 7.80. The third-order valence-corrected chi connectivity index (χ3v) is 3.18. The number of nitrogens with one attached hydrogen (secondary N) is 2. The molecule has 2 rings (SSSR count). The van der Waals surface area contributed by atoms with E-state index in [1.807, 2.05) is 12.1 Å². The van der Waals surface area contributed by atoms with Gasteiger partial charge in [0, 0.05) is 30.6 Å². The van der Waals surface area contributed by atoms with Crippen LogP contribution in [0.15, 0.2) is 47.8 Å². The van der Waals surface area contributed by atoms with Gasteiger partial charge in [-0.2, -0.15) is 5.10 Å². The van der Waals surface area contributed by atoms with E-state index in [1.54, 1.807) is 24.5 Å². The van der Waals surface area contributed by atoms with E-state index in [0.717, 1.165) is 12.0 Å². The number of hydrogen-bond donors (Lipinski definition) is 3. The quantitative estimate of drug-likeness (QED) is 0.303. The van der Waals surface area contributed by atoms with Crippen molar-refractivity contribution in [3.63, 3.8) is 0 Å². The van der Waals surface area contributed by atoms with Gasteiger partial charge in [-0.15, -0.1) is 0 Å². The first-order chi connectivity index (χ1) is 11.6. The molecule has 1 aromatic heterocycles. The Labute approximate surface area is 143 Å². The molecule has 1 heterocycles. The van der Waals surface area contributed by atoms with Crippen LogP contribution >= 0.6 is 12.2 Å². The molecule has 1 aromatic carbocycles. The highest BCUT2D eigenvalue weighted by atomic mass is 32.1. The van der Waals surface area contributed by atoms with Crippen molar-refractivity contribution in [2.24, 2.45) is 10.8 Å². The zero-order valence-corrected chi connectivity index (χ0v) is 13.5. The third-order valence-electron chi connectivity index (χ3n) is 3.09. The van der Waals surface area contributed by atoms with Crippen LogP contribution in [-0.2, 0) is 6.42 Å². The Bertz CT molecular complexity index is 751. The number of pyridine rings is 1. The number of anilines is 1.